The van der Waals surface area contributed by atoms with Crippen LogP contribution in [0.4, 0.5) is 17.5 Å². The molecule has 0 aliphatic rings. The van der Waals surface area contributed by atoms with Gasteiger partial charge in [0.25, 0.3) is 5.91 Å². The van der Waals surface area contributed by atoms with Gasteiger partial charge in [0.2, 0.25) is 0 Å². The van der Waals surface area contributed by atoms with Gasteiger partial charge in [0.1, 0.15) is 23.3 Å². The van der Waals surface area contributed by atoms with Crippen LogP contribution in [0, 0.1) is 20.8 Å². The maximum atomic E-state index is 12.2. The van der Waals surface area contributed by atoms with Crippen LogP contribution in [-0.4, -0.2) is 33.9 Å². The van der Waals surface area contributed by atoms with E-state index in [4.69, 9.17) is 0 Å². The summed E-state index contributed by atoms with van der Waals surface area (Å²) < 4.78 is 0. The molecule has 0 unspecified atom stereocenters. The number of nitrogens with zero attached hydrogens (tertiary/aromatic N) is 3. The Balaban J connectivity index is 1.54. The summed E-state index contributed by atoms with van der Waals surface area (Å²) in [6.45, 7) is 6.84. The molecular weight excluding hydrogens is 352 g/mol. The Kier molecular flexibility index (Phi) is 6.16. The second-order valence-corrected chi connectivity index (χ2v) is 6.58. The normalized spacial score (nSPS) is 10.4. The minimum atomic E-state index is -0.0859. The number of benzene rings is 1. The molecule has 7 nitrogen and oxygen atoms in total. The summed E-state index contributed by atoms with van der Waals surface area (Å²) in [7, 11) is 0. The lowest BCUT2D eigenvalue weighted by atomic mass is 10.1. The number of amides is 1. The summed E-state index contributed by atoms with van der Waals surface area (Å²) in [4.78, 5) is 25.2. The molecule has 144 valence electrons. The number of nitrogens with one attached hydrogen (secondary N) is 3. The molecule has 0 saturated carbocycles. The first-order valence-electron chi connectivity index (χ1n) is 9.14. The van der Waals surface area contributed by atoms with Gasteiger partial charge in [0.05, 0.1) is 0 Å². The van der Waals surface area contributed by atoms with E-state index in [1.165, 1.54) is 0 Å². The van der Waals surface area contributed by atoms with Gasteiger partial charge in [-0.1, -0.05) is 17.7 Å². The lowest BCUT2D eigenvalue weighted by Gasteiger charge is -2.11. The average Bonchev–Trinajstić information content (AvgIpc) is 2.64. The third-order valence-corrected chi connectivity index (χ3v) is 4.01. The van der Waals surface area contributed by atoms with Gasteiger partial charge in [-0.05, 0) is 50.6 Å². The van der Waals surface area contributed by atoms with Crippen molar-refractivity contribution in [2.75, 3.05) is 23.7 Å². The van der Waals surface area contributed by atoms with Crippen LogP contribution >= 0.6 is 0 Å². The molecule has 3 N–H and O–H groups in total. The van der Waals surface area contributed by atoms with E-state index < -0.39 is 0 Å². The maximum absolute atomic E-state index is 12.2. The summed E-state index contributed by atoms with van der Waals surface area (Å²) in [5.74, 6) is 2.64. The first-order chi connectivity index (χ1) is 13.5. The zero-order valence-electron chi connectivity index (χ0n) is 16.3. The smallest absolute Gasteiger partial charge is 0.251 e. The summed E-state index contributed by atoms with van der Waals surface area (Å²) in [5.41, 5.74) is 2.84. The molecule has 3 aromatic rings. The fraction of sp³-hybridized carbons (Fsp3) is 0.238. The van der Waals surface area contributed by atoms with E-state index in [0.717, 1.165) is 16.9 Å². The van der Waals surface area contributed by atoms with Gasteiger partial charge in [0.15, 0.2) is 0 Å². The third kappa shape index (κ3) is 5.51. The highest BCUT2D eigenvalue weighted by atomic mass is 16.1. The molecule has 1 aromatic carbocycles. The molecule has 0 radical (unpaired) electrons. The van der Waals surface area contributed by atoms with E-state index in [1.54, 1.807) is 12.3 Å². The number of hydrogen-bond donors (Lipinski definition) is 3. The molecule has 0 spiro atoms. The lowest BCUT2D eigenvalue weighted by molar-refractivity contribution is 0.0955. The van der Waals surface area contributed by atoms with Crippen LogP contribution in [0.2, 0.25) is 0 Å². The van der Waals surface area contributed by atoms with Crippen molar-refractivity contribution in [2.45, 2.75) is 20.8 Å². The van der Waals surface area contributed by atoms with E-state index in [1.807, 2.05) is 57.2 Å². The number of aryl methyl sites for hydroxylation is 3. The SMILES string of the molecule is Cc1cccc(C(=O)NCCNc2cc(Nc3cc(C)ccn3)nc(C)n2)c1. The minimum absolute atomic E-state index is 0.0859. The minimum Gasteiger partial charge on any atom is -0.368 e. The monoisotopic (exact) mass is 376 g/mol. The Morgan fingerprint density at radius 2 is 1.68 bits per heavy atom. The first kappa shape index (κ1) is 19.3. The Morgan fingerprint density at radius 1 is 0.893 bits per heavy atom. The molecular formula is C21H24N6O. The molecule has 0 fully saturated rings. The fourth-order valence-corrected chi connectivity index (χ4v) is 2.71. The fourth-order valence-electron chi connectivity index (χ4n) is 2.71. The highest BCUT2D eigenvalue weighted by Crippen LogP contribution is 2.16. The van der Waals surface area contributed by atoms with Crippen LogP contribution in [0.5, 0.6) is 0 Å². The largest absolute Gasteiger partial charge is 0.368 e. The average molecular weight is 376 g/mol. The number of carbonyl (C=O) groups excluding carboxylic acids is 1. The van der Waals surface area contributed by atoms with Crippen LogP contribution in [0.25, 0.3) is 0 Å². The van der Waals surface area contributed by atoms with Crippen molar-refractivity contribution < 1.29 is 4.79 Å². The number of hydrogen-bond acceptors (Lipinski definition) is 6. The predicted octanol–water partition coefficient (Wildman–Crippen LogP) is 3.38. The molecule has 0 saturated heterocycles. The maximum Gasteiger partial charge on any atom is 0.251 e. The van der Waals surface area contributed by atoms with Crippen molar-refractivity contribution >= 4 is 23.4 Å². The summed E-state index contributed by atoms with van der Waals surface area (Å²) >= 11 is 0. The molecule has 0 atom stereocenters. The standard InChI is InChI=1S/C21H24N6O/c1-14-5-4-6-17(11-14)21(28)24-10-9-23-19-13-20(26-16(3)25-19)27-18-12-15(2)7-8-22-18/h4-8,11-13H,9-10H2,1-3H3,(H,24,28)(H2,22,23,25,26,27). The van der Waals surface area contributed by atoms with Crippen LogP contribution in [0.1, 0.15) is 27.3 Å². The van der Waals surface area contributed by atoms with E-state index in [9.17, 15) is 4.79 Å². The molecule has 7 heteroatoms. The highest BCUT2D eigenvalue weighted by Gasteiger charge is 2.06. The molecule has 2 aromatic heterocycles. The van der Waals surface area contributed by atoms with Gasteiger partial charge < -0.3 is 16.0 Å². The number of pyridine rings is 1. The van der Waals surface area contributed by atoms with Crippen molar-refractivity contribution in [1.29, 1.82) is 0 Å². The van der Waals surface area contributed by atoms with Crippen molar-refractivity contribution in [3.8, 4) is 0 Å². The van der Waals surface area contributed by atoms with Crippen LogP contribution in [0.3, 0.4) is 0 Å². The van der Waals surface area contributed by atoms with Crippen LogP contribution in [0.15, 0.2) is 48.7 Å². The summed E-state index contributed by atoms with van der Waals surface area (Å²) in [5, 5.41) is 9.31. The molecule has 2 heterocycles. The van der Waals surface area contributed by atoms with Crippen LogP contribution < -0.4 is 16.0 Å². The number of anilines is 3. The zero-order chi connectivity index (χ0) is 19.9. The van der Waals surface area contributed by atoms with Crippen molar-refractivity contribution in [2.24, 2.45) is 0 Å². The Hall–Kier alpha value is -3.48. The van der Waals surface area contributed by atoms with E-state index in [2.05, 4.69) is 30.9 Å². The van der Waals surface area contributed by atoms with Crippen molar-refractivity contribution in [3.05, 3.63) is 71.2 Å². The Labute approximate surface area is 164 Å². The van der Waals surface area contributed by atoms with Gasteiger partial charge >= 0.3 is 0 Å². The number of rotatable bonds is 7. The molecule has 28 heavy (non-hydrogen) atoms. The summed E-state index contributed by atoms with van der Waals surface area (Å²) in [6.07, 6.45) is 1.75. The van der Waals surface area contributed by atoms with Gasteiger partial charge in [-0.25, -0.2) is 15.0 Å². The molecule has 0 aliphatic carbocycles. The Bertz CT molecular complexity index is 973. The van der Waals surface area contributed by atoms with Gasteiger partial charge in [0, 0.05) is 30.9 Å². The molecule has 0 aliphatic heterocycles. The van der Waals surface area contributed by atoms with Gasteiger partial charge in [-0.3, -0.25) is 4.79 Å². The number of aromatic nitrogens is 3. The van der Waals surface area contributed by atoms with Crippen molar-refractivity contribution in [1.82, 2.24) is 20.3 Å². The van der Waals surface area contributed by atoms with Crippen molar-refractivity contribution in [3.63, 3.8) is 0 Å². The molecule has 3 rings (SSSR count). The number of carbonyl (C=O) groups is 1. The van der Waals surface area contributed by atoms with Crippen LogP contribution in [-0.2, 0) is 0 Å². The van der Waals surface area contributed by atoms with Gasteiger partial charge in [-0.2, -0.15) is 0 Å². The predicted molar refractivity (Wildman–Crippen MR) is 111 cm³/mol. The third-order valence-electron chi connectivity index (χ3n) is 4.01. The zero-order valence-corrected chi connectivity index (χ0v) is 16.3. The lowest BCUT2D eigenvalue weighted by Crippen LogP contribution is -2.29. The quantitative estimate of drug-likeness (QED) is 0.548. The highest BCUT2D eigenvalue weighted by molar-refractivity contribution is 5.94. The van der Waals surface area contributed by atoms with E-state index in [-0.39, 0.29) is 5.91 Å². The van der Waals surface area contributed by atoms with E-state index >= 15 is 0 Å². The first-order valence-corrected chi connectivity index (χ1v) is 9.14. The second kappa shape index (κ2) is 8.94. The molecule has 0 bridgehead atoms. The Morgan fingerprint density at radius 3 is 2.46 bits per heavy atom. The molecule has 1 amide bonds. The topological polar surface area (TPSA) is 91.8 Å². The second-order valence-electron chi connectivity index (χ2n) is 6.58. The van der Waals surface area contributed by atoms with E-state index in [0.29, 0.717) is 36.1 Å². The summed E-state index contributed by atoms with van der Waals surface area (Å²) in [6, 6.07) is 13.2. The van der Waals surface area contributed by atoms with Gasteiger partial charge in [-0.15, -0.1) is 0 Å².